The Balaban J connectivity index is 1.62. The molecule has 3 aromatic carbocycles. The van der Waals surface area contributed by atoms with Gasteiger partial charge in [-0.2, -0.15) is 0 Å². The van der Waals surface area contributed by atoms with Crippen LogP contribution in [0, 0.1) is 0 Å². The largest absolute Gasteiger partial charge is 0.489 e. The number of hydrogen-bond acceptors (Lipinski definition) is 3. The van der Waals surface area contributed by atoms with E-state index in [9.17, 15) is 4.79 Å². The lowest BCUT2D eigenvalue weighted by atomic mass is 10.0. The van der Waals surface area contributed by atoms with Crippen molar-refractivity contribution in [1.29, 1.82) is 0 Å². The maximum absolute atomic E-state index is 11.2. The molecule has 0 spiro atoms. The zero-order valence-electron chi connectivity index (χ0n) is 16.4. The summed E-state index contributed by atoms with van der Waals surface area (Å²) in [6.07, 6.45) is 0. The number of hydrogen-bond donors (Lipinski definition) is 1. The van der Waals surface area contributed by atoms with Crippen molar-refractivity contribution in [1.82, 2.24) is 0 Å². The number of carbonyl (C=O) groups is 1. The predicted molar refractivity (Wildman–Crippen MR) is 112 cm³/mol. The van der Waals surface area contributed by atoms with Crippen molar-refractivity contribution < 1.29 is 14.3 Å². The highest BCUT2D eigenvalue weighted by Gasteiger charge is 2.04. The van der Waals surface area contributed by atoms with E-state index < -0.39 is 0 Å². The average molecular weight is 375 g/mol. The predicted octanol–water partition coefficient (Wildman–Crippen LogP) is 6.14. The van der Waals surface area contributed by atoms with E-state index in [1.165, 1.54) is 12.5 Å². The number of nitrogens with one attached hydrogen (secondary N) is 1. The number of anilines is 1. The molecule has 0 bridgehead atoms. The normalized spacial score (nSPS) is 10.6. The van der Waals surface area contributed by atoms with Gasteiger partial charge in [-0.15, -0.1) is 0 Å². The maximum atomic E-state index is 11.2. The van der Waals surface area contributed by atoms with Gasteiger partial charge in [0.2, 0.25) is 5.91 Å². The first-order valence-electron chi connectivity index (χ1n) is 9.37. The van der Waals surface area contributed by atoms with Crippen LogP contribution in [0.1, 0.15) is 37.8 Å². The molecule has 0 aliphatic carbocycles. The van der Waals surface area contributed by atoms with E-state index in [1.807, 2.05) is 60.7 Å². The van der Waals surface area contributed by atoms with Gasteiger partial charge in [-0.25, -0.2) is 0 Å². The average Bonchev–Trinajstić information content (AvgIpc) is 2.67. The van der Waals surface area contributed by atoms with Crippen molar-refractivity contribution in [2.45, 2.75) is 33.3 Å². The molecular weight excluding hydrogens is 350 g/mol. The molecule has 0 aliphatic heterocycles. The number of ether oxygens (including phenoxy) is 2. The Kier molecular flexibility index (Phi) is 6.33. The van der Waals surface area contributed by atoms with Crippen LogP contribution in [0.25, 0.3) is 0 Å². The van der Waals surface area contributed by atoms with Crippen molar-refractivity contribution in [2.24, 2.45) is 0 Å². The van der Waals surface area contributed by atoms with E-state index in [2.05, 4.69) is 31.3 Å². The summed E-state index contributed by atoms with van der Waals surface area (Å²) in [5, 5.41) is 2.78. The van der Waals surface area contributed by atoms with Crippen LogP contribution in [0.2, 0.25) is 0 Å². The van der Waals surface area contributed by atoms with Gasteiger partial charge < -0.3 is 14.8 Å². The van der Waals surface area contributed by atoms with Crippen molar-refractivity contribution >= 4 is 11.6 Å². The van der Waals surface area contributed by atoms with Crippen molar-refractivity contribution in [3.05, 3.63) is 83.9 Å². The summed E-state index contributed by atoms with van der Waals surface area (Å²) >= 11 is 0. The SMILES string of the molecule is CC(=O)Nc1cccc(COc2cccc(Oc3ccc(C(C)C)cc3)c2)c1. The third-order valence-electron chi connectivity index (χ3n) is 4.24. The number of rotatable bonds is 7. The van der Waals surface area contributed by atoms with Crippen LogP contribution in [-0.4, -0.2) is 5.91 Å². The van der Waals surface area contributed by atoms with Crippen LogP contribution in [0.4, 0.5) is 5.69 Å². The van der Waals surface area contributed by atoms with E-state index in [4.69, 9.17) is 9.47 Å². The third-order valence-corrected chi connectivity index (χ3v) is 4.24. The van der Waals surface area contributed by atoms with Gasteiger partial charge in [-0.1, -0.05) is 44.2 Å². The minimum Gasteiger partial charge on any atom is -0.489 e. The number of amides is 1. The number of carbonyl (C=O) groups excluding carboxylic acids is 1. The lowest BCUT2D eigenvalue weighted by Crippen LogP contribution is -2.06. The summed E-state index contributed by atoms with van der Waals surface area (Å²) < 4.78 is 11.8. The second kappa shape index (κ2) is 9.09. The van der Waals surface area contributed by atoms with Crippen LogP contribution in [0.15, 0.2) is 72.8 Å². The molecule has 0 aromatic heterocycles. The summed E-state index contributed by atoms with van der Waals surface area (Å²) in [6, 6.07) is 23.3. The minimum absolute atomic E-state index is 0.0932. The van der Waals surface area contributed by atoms with Crippen molar-refractivity contribution in [3.8, 4) is 17.2 Å². The lowest BCUT2D eigenvalue weighted by molar-refractivity contribution is -0.114. The molecule has 0 heterocycles. The standard InChI is InChI=1S/C24H25NO3/c1-17(2)20-10-12-22(13-11-20)28-24-9-5-8-23(15-24)27-16-19-6-4-7-21(14-19)25-18(3)26/h4-15,17H,16H2,1-3H3,(H,25,26). The van der Waals surface area contributed by atoms with E-state index >= 15 is 0 Å². The summed E-state index contributed by atoms with van der Waals surface area (Å²) in [7, 11) is 0. The van der Waals surface area contributed by atoms with E-state index in [0.29, 0.717) is 12.5 Å². The zero-order valence-corrected chi connectivity index (χ0v) is 16.4. The Morgan fingerprint density at radius 2 is 1.61 bits per heavy atom. The number of benzene rings is 3. The van der Waals surface area contributed by atoms with Gasteiger partial charge in [0.25, 0.3) is 0 Å². The van der Waals surface area contributed by atoms with Crippen LogP contribution in [0.5, 0.6) is 17.2 Å². The van der Waals surface area contributed by atoms with Crippen LogP contribution >= 0.6 is 0 Å². The molecule has 0 aliphatic rings. The molecule has 0 saturated heterocycles. The van der Waals surface area contributed by atoms with Crippen LogP contribution < -0.4 is 14.8 Å². The summed E-state index contributed by atoms with van der Waals surface area (Å²) in [5.74, 6) is 2.65. The second-order valence-corrected chi connectivity index (χ2v) is 6.97. The highest BCUT2D eigenvalue weighted by molar-refractivity contribution is 5.88. The molecule has 144 valence electrons. The maximum Gasteiger partial charge on any atom is 0.221 e. The smallest absolute Gasteiger partial charge is 0.221 e. The van der Waals surface area contributed by atoms with Crippen LogP contribution in [0.3, 0.4) is 0 Å². The van der Waals surface area contributed by atoms with Gasteiger partial charge >= 0.3 is 0 Å². The molecule has 0 radical (unpaired) electrons. The first-order chi connectivity index (χ1) is 13.5. The first-order valence-corrected chi connectivity index (χ1v) is 9.37. The molecule has 0 unspecified atom stereocenters. The molecule has 4 nitrogen and oxygen atoms in total. The molecule has 4 heteroatoms. The molecule has 1 N–H and O–H groups in total. The first kappa shape index (κ1) is 19.5. The summed E-state index contributed by atoms with van der Waals surface area (Å²) in [6.45, 7) is 6.23. The summed E-state index contributed by atoms with van der Waals surface area (Å²) in [4.78, 5) is 11.2. The fourth-order valence-electron chi connectivity index (χ4n) is 2.79. The molecule has 0 atom stereocenters. The highest BCUT2D eigenvalue weighted by Crippen LogP contribution is 2.27. The topological polar surface area (TPSA) is 47.6 Å². The van der Waals surface area contributed by atoms with Crippen LogP contribution in [-0.2, 0) is 11.4 Å². The van der Waals surface area contributed by atoms with Gasteiger partial charge in [0.1, 0.15) is 23.9 Å². The molecule has 0 saturated carbocycles. The lowest BCUT2D eigenvalue weighted by Gasteiger charge is -2.11. The Labute approximate surface area is 166 Å². The minimum atomic E-state index is -0.0932. The van der Waals surface area contributed by atoms with Crippen molar-refractivity contribution in [2.75, 3.05) is 5.32 Å². The van der Waals surface area contributed by atoms with E-state index in [1.54, 1.807) is 0 Å². The van der Waals surface area contributed by atoms with Crippen molar-refractivity contribution in [3.63, 3.8) is 0 Å². The second-order valence-electron chi connectivity index (χ2n) is 6.97. The summed E-state index contributed by atoms with van der Waals surface area (Å²) in [5.41, 5.74) is 3.02. The molecule has 1 amide bonds. The Hall–Kier alpha value is -3.27. The Morgan fingerprint density at radius 1 is 0.893 bits per heavy atom. The molecule has 0 fully saturated rings. The van der Waals surface area contributed by atoms with Gasteiger partial charge in [-0.3, -0.25) is 4.79 Å². The molecule has 28 heavy (non-hydrogen) atoms. The van der Waals surface area contributed by atoms with Gasteiger partial charge in [0, 0.05) is 18.7 Å². The monoisotopic (exact) mass is 375 g/mol. The molecule has 3 rings (SSSR count). The molecule has 3 aromatic rings. The Morgan fingerprint density at radius 3 is 2.32 bits per heavy atom. The Bertz CT molecular complexity index is 933. The highest BCUT2D eigenvalue weighted by atomic mass is 16.5. The molecular formula is C24H25NO3. The van der Waals surface area contributed by atoms with E-state index in [0.717, 1.165) is 28.5 Å². The quantitative estimate of drug-likeness (QED) is 0.539. The zero-order chi connectivity index (χ0) is 19.9. The van der Waals surface area contributed by atoms with E-state index in [-0.39, 0.29) is 5.91 Å². The fraction of sp³-hybridized carbons (Fsp3) is 0.208. The third kappa shape index (κ3) is 5.61. The van der Waals surface area contributed by atoms with Gasteiger partial charge in [0.05, 0.1) is 0 Å². The van der Waals surface area contributed by atoms with Gasteiger partial charge in [0.15, 0.2) is 0 Å². The fourth-order valence-corrected chi connectivity index (χ4v) is 2.79. The van der Waals surface area contributed by atoms with Gasteiger partial charge in [-0.05, 0) is 53.4 Å².